The van der Waals surface area contributed by atoms with Crippen LogP contribution in [0.4, 0.5) is 0 Å². The molecule has 3 rings (SSSR count). The highest BCUT2D eigenvalue weighted by atomic mass is 16.4. The second-order valence-corrected chi connectivity index (χ2v) is 4.70. The van der Waals surface area contributed by atoms with Crippen LogP contribution in [0, 0.1) is 6.92 Å². The molecule has 2 aromatic carbocycles. The van der Waals surface area contributed by atoms with Gasteiger partial charge < -0.3 is 4.42 Å². The molecule has 0 saturated heterocycles. The number of rotatable bonds is 2. The van der Waals surface area contributed by atoms with Gasteiger partial charge in [0.2, 0.25) is 0 Å². The van der Waals surface area contributed by atoms with Gasteiger partial charge in [-0.15, -0.1) is 0 Å². The summed E-state index contributed by atoms with van der Waals surface area (Å²) in [7, 11) is 0. The maximum atomic E-state index is 11.3. The Morgan fingerprint density at radius 1 is 1.00 bits per heavy atom. The van der Waals surface area contributed by atoms with Crippen molar-refractivity contribution in [1.82, 2.24) is 0 Å². The Bertz CT molecular complexity index is 859. The molecule has 3 heteroatoms. The molecule has 0 unspecified atom stereocenters. The highest BCUT2D eigenvalue weighted by Crippen LogP contribution is 2.26. The monoisotopic (exact) mass is 264 g/mol. The number of carbonyl (C=O) groups excluding carboxylic acids is 1. The van der Waals surface area contributed by atoms with E-state index in [1.807, 2.05) is 37.3 Å². The minimum atomic E-state index is -0.342. The standard InChI is InChI=1S/C17H12O3/c1-11-7-17(19)20-16-6-5-14(9-15(11)16)13-4-2-3-12(8-13)10-18/h2-10H,1H3. The van der Waals surface area contributed by atoms with Gasteiger partial charge in [0, 0.05) is 17.0 Å². The van der Waals surface area contributed by atoms with Crippen LogP contribution in [0.3, 0.4) is 0 Å². The van der Waals surface area contributed by atoms with E-state index < -0.39 is 0 Å². The Labute approximate surface area is 115 Å². The van der Waals surface area contributed by atoms with Gasteiger partial charge in [0.15, 0.2) is 0 Å². The van der Waals surface area contributed by atoms with Crippen LogP contribution in [0.5, 0.6) is 0 Å². The van der Waals surface area contributed by atoms with Crippen molar-refractivity contribution in [2.75, 3.05) is 0 Å². The number of hydrogen-bond donors (Lipinski definition) is 0. The highest BCUT2D eigenvalue weighted by Gasteiger charge is 2.05. The van der Waals surface area contributed by atoms with Gasteiger partial charge in [-0.1, -0.05) is 24.3 Å². The minimum absolute atomic E-state index is 0.342. The van der Waals surface area contributed by atoms with Crippen LogP contribution in [0.25, 0.3) is 22.1 Å². The minimum Gasteiger partial charge on any atom is -0.423 e. The van der Waals surface area contributed by atoms with Crippen molar-refractivity contribution < 1.29 is 9.21 Å². The molecule has 0 amide bonds. The van der Waals surface area contributed by atoms with Crippen LogP contribution in [-0.2, 0) is 0 Å². The van der Waals surface area contributed by atoms with Crippen molar-refractivity contribution in [3.8, 4) is 11.1 Å². The third kappa shape index (κ3) is 2.14. The topological polar surface area (TPSA) is 47.3 Å². The molecule has 0 aliphatic rings. The molecule has 20 heavy (non-hydrogen) atoms. The normalized spacial score (nSPS) is 10.7. The largest absolute Gasteiger partial charge is 0.423 e. The summed E-state index contributed by atoms with van der Waals surface area (Å²) in [6.45, 7) is 1.88. The van der Waals surface area contributed by atoms with E-state index >= 15 is 0 Å². The molecule has 98 valence electrons. The summed E-state index contributed by atoms with van der Waals surface area (Å²) in [4.78, 5) is 22.2. The van der Waals surface area contributed by atoms with Crippen molar-refractivity contribution >= 4 is 17.3 Å². The summed E-state index contributed by atoms with van der Waals surface area (Å²) in [6.07, 6.45) is 0.828. The summed E-state index contributed by atoms with van der Waals surface area (Å²) in [5.74, 6) is 0. The first-order valence-corrected chi connectivity index (χ1v) is 6.27. The number of benzene rings is 2. The Hall–Kier alpha value is -2.68. The van der Waals surface area contributed by atoms with E-state index in [2.05, 4.69) is 0 Å². The van der Waals surface area contributed by atoms with Crippen molar-refractivity contribution in [3.63, 3.8) is 0 Å². The molecule has 0 N–H and O–H groups in total. The SMILES string of the molecule is Cc1cc(=O)oc2ccc(-c3cccc(C=O)c3)cc12. The Kier molecular flexibility index (Phi) is 2.95. The molecule has 0 saturated carbocycles. The van der Waals surface area contributed by atoms with Crippen LogP contribution in [-0.4, -0.2) is 6.29 Å². The van der Waals surface area contributed by atoms with Crippen molar-refractivity contribution in [2.45, 2.75) is 6.92 Å². The lowest BCUT2D eigenvalue weighted by Crippen LogP contribution is -1.97. The molecule has 0 spiro atoms. The second kappa shape index (κ2) is 4.78. The van der Waals surface area contributed by atoms with Crippen molar-refractivity contribution in [1.29, 1.82) is 0 Å². The zero-order chi connectivity index (χ0) is 14.1. The molecule has 0 fully saturated rings. The molecular weight excluding hydrogens is 252 g/mol. The molecule has 1 aromatic heterocycles. The summed E-state index contributed by atoms with van der Waals surface area (Å²) in [6, 6.07) is 14.5. The van der Waals surface area contributed by atoms with Crippen LogP contribution < -0.4 is 5.63 Å². The lowest BCUT2D eigenvalue weighted by atomic mass is 10.0. The smallest absolute Gasteiger partial charge is 0.336 e. The molecule has 3 nitrogen and oxygen atoms in total. The lowest BCUT2D eigenvalue weighted by Gasteiger charge is -2.05. The van der Waals surface area contributed by atoms with E-state index in [9.17, 15) is 9.59 Å². The molecule has 1 heterocycles. The fraction of sp³-hybridized carbons (Fsp3) is 0.0588. The maximum Gasteiger partial charge on any atom is 0.336 e. The zero-order valence-electron chi connectivity index (χ0n) is 10.9. The van der Waals surface area contributed by atoms with Crippen LogP contribution in [0.1, 0.15) is 15.9 Å². The first-order valence-electron chi connectivity index (χ1n) is 6.27. The summed E-state index contributed by atoms with van der Waals surface area (Å²) in [5, 5.41) is 0.901. The van der Waals surface area contributed by atoms with E-state index in [0.717, 1.165) is 28.4 Å². The Balaban J connectivity index is 2.22. The number of carbonyl (C=O) groups is 1. The van der Waals surface area contributed by atoms with Crippen LogP contribution >= 0.6 is 0 Å². The average molecular weight is 264 g/mol. The molecule has 3 aromatic rings. The van der Waals surface area contributed by atoms with Gasteiger partial charge in [-0.3, -0.25) is 4.79 Å². The van der Waals surface area contributed by atoms with Crippen LogP contribution in [0.2, 0.25) is 0 Å². The number of aryl methyl sites for hydroxylation is 1. The number of fused-ring (bicyclic) bond motifs is 1. The molecule has 0 radical (unpaired) electrons. The van der Waals surface area contributed by atoms with E-state index in [1.165, 1.54) is 6.07 Å². The summed E-state index contributed by atoms with van der Waals surface area (Å²) >= 11 is 0. The van der Waals surface area contributed by atoms with Gasteiger partial charge in [0.1, 0.15) is 11.9 Å². The third-order valence-electron chi connectivity index (χ3n) is 3.31. The Morgan fingerprint density at radius 2 is 1.80 bits per heavy atom. The predicted molar refractivity (Wildman–Crippen MR) is 78.0 cm³/mol. The van der Waals surface area contributed by atoms with Crippen molar-refractivity contribution in [3.05, 3.63) is 70.1 Å². The molecule has 0 bridgehead atoms. The molecular formula is C17H12O3. The molecule has 0 aliphatic carbocycles. The fourth-order valence-electron chi connectivity index (χ4n) is 2.29. The first-order chi connectivity index (χ1) is 9.67. The fourth-order valence-corrected chi connectivity index (χ4v) is 2.29. The van der Waals surface area contributed by atoms with E-state index in [1.54, 1.807) is 12.1 Å². The van der Waals surface area contributed by atoms with Crippen molar-refractivity contribution in [2.24, 2.45) is 0 Å². The zero-order valence-corrected chi connectivity index (χ0v) is 10.9. The maximum absolute atomic E-state index is 11.3. The predicted octanol–water partition coefficient (Wildman–Crippen LogP) is 3.58. The molecule has 0 aliphatic heterocycles. The highest BCUT2D eigenvalue weighted by molar-refractivity contribution is 5.86. The van der Waals surface area contributed by atoms with Gasteiger partial charge in [0.05, 0.1) is 0 Å². The van der Waals surface area contributed by atoms with Gasteiger partial charge >= 0.3 is 5.63 Å². The molecule has 0 atom stereocenters. The van der Waals surface area contributed by atoms with Gasteiger partial charge in [-0.25, -0.2) is 4.79 Å². The summed E-state index contributed by atoms with van der Waals surface area (Å²) in [5.41, 5.74) is 3.69. The van der Waals surface area contributed by atoms with Crippen LogP contribution in [0.15, 0.2) is 57.7 Å². The van der Waals surface area contributed by atoms with Gasteiger partial charge in [0.25, 0.3) is 0 Å². The average Bonchev–Trinajstić information content (AvgIpc) is 2.47. The first kappa shape index (κ1) is 12.4. The van der Waals surface area contributed by atoms with E-state index in [4.69, 9.17) is 4.42 Å². The van der Waals surface area contributed by atoms with Gasteiger partial charge in [-0.2, -0.15) is 0 Å². The number of aldehydes is 1. The van der Waals surface area contributed by atoms with E-state index in [-0.39, 0.29) is 5.63 Å². The summed E-state index contributed by atoms with van der Waals surface area (Å²) < 4.78 is 5.17. The lowest BCUT2D eigenvalue weighted by molar-refractivity contribution is 0.112. The second-order valence-electron chi connectivity index (χ2n) is 4.70. The number of hydrogen-bond acceptors (Lipinski definition) is 3. The Morgan fingerprint density at radius 3 is 2.60 bits per heavy atom. The van der Waals surface area contributed by atoms with Gasteiger partial charge in [-0.05, 0) is 41.8 Å². The third-order valence-corrected chi connectivity index (χ3v) is 3.31. The quantitative estimate of drug-likeness (QED) is 0.525. The van der Waals surface area contributed by atoms with E-state index in [0.29, 0.717) is 11.1 Å².